The Bertz CT molecular complexity index is 535. The summed E-state index contributed by atoms with van der Waals surface area (Å²) >= 11 is 0. The Balaban J connectivity index is 2.17. The zero-order valence-corrected chi connectivity index (χ0v) is 12.4. The van der Waals surface area contributed by atoms with E-state index in [1.54, 1.807) is 6.07 Å². The van der Waals surface area contributed by atoms with Gasteiger partial charge in [0.25, 0.3) is 0 Å². The molecule has 1 saturated heterocycles. The molecule has 5 nitrogen and oxygen atoms in total. The van der Waals surface area contributed by atoms with Gasteiger partial charge in [-0.25, -0.2) is 4.79 Å². The lowest BCUT2D eigenvalue weighted by Crippen LogP contribution is -2.40. The molecule has 1 amide bonds. The van der Waals surface area contributed by atoms with Crippen LogP contribution in [-0.4, -0.2) is 30.2 Å². The molecule has 0 unspecified atom stereocenters. The molecule has 0 spiro atoms. The predicted octanol–water partition coefficient (Wildman–Crippen LogP) is 1.97. The van der Waals surface area contributed by atoms with Crippen LogP contribution >= 0.6 is 0 Å². The van der Waals surface area contributed by atoms with Crippen molar-refractivity contribution in [3.05, 3.63) is 34.9 Å². The lowest BCUT2D eigenvalue weighted by atomic mass is 9.96. The number of rotatable bonds is 4. The van der Waals surface area contributed by atoms with E-state index in [4.69, 9.17) is 4.74 Å². The fourth-order valence-corrected chi connectivity index (χ4v) is 2.57. The van der Waals surface area contributed by atoms with E-state index in [0.29, 0.717) is 18.8 Å². The van der Waals surface area contributed by atoms with E-state index in [-0.39, 0.29) is 11.8 Å². The number of carboxylic acids is 1. The molecule has 1 aromatic carbocycles. The van der Waals surface area contributed by atoms with Gasteiger partial charge in [0, 0.05) is 6.61 Å². The molecular formula is C16H21NO4. The molecule has 0 saturated carbocycles. The number of nitrogens with one attached hydrogen (secondary N) is 1. The number of amides is 1. The van der Waals surface area contributed by atoms with Gasteiger partial charge in [-0.3, -0.25) is 4.79 Å². The van der Waals surface area contributed by atoms with Gasteiger partial charge in [-0.15, -0.1) is 0 Å². The lowest BCUT2D eigenvalue weighted by Gasteiger charge is -2.24. The van der Waals surface area contributed by atoms with Gasteiger partial charge >= 0.3 is 5.97 Å². The fourth-order valence-electron chi connectivity index (χ4n) is 2.57. The highest BCUT2D eigenvalue weighted by atomic mass is 16.5. The van der Waals surface area contributed by atoms with Crippen LogP contribution in [0.1, 0.15) is 35.6 Å². The average molecular weight is 291 g/mol. The van der Waals surface area contributed by atoms with Gasteiger partial charge in [0.2, 0.25) is 5.91 Å². The Morgan fingerprint density at radius 3 is 2.76 bits per heavy atom. The monoisotopic (exact) mass is 291 g/mol. The van der Waals surface area contributed by atoms with Crippen LogP contribution in [0.2, 0.25) is 0 Å². The van der Waals surface area contributed by atoms with Gasteiger partial charge in [0.05, 0.1) is 12.5 Å². The number of hydrogen-bond donors (Lipinski definition) is 2. The van der Waals surface area contributed by atoms with Crippen molar-refractivity contribution in [3.63, 3.8) is 0 Å². The van der Waals surface area contributed by atoms with Gasteiger partial charge in [0.1, 0.15) is 0 Å². The van der Waals surface area contributed by atoms with Crippen molar-refractivity contribution in [2.24, 2.45) is 5.92 Å². The van der Waals surface area contributed by atoms with Crippen molar-refractivity contribution in [1.29, 1.82) is 0 Å². The zero-order valence-electron chi connectivity index (χ0n) is 12.4. The van der Waals surface area contributed by atoms with E-state index in [9.17, 15) is 14.7 Å². The molecule has 21 heavy (non-hydrogen) atoms. The topological polar surface area (TPSA) is 75.6 Å². The molecule has 1 fully saturated rings. The van der Waals surface area contributed by atoms with Gasteiger partial charge in [-0.2, -0.15) is 0 Å². The highest BCUT2D eigenvalue weighted by molar-refractivity contribution is 5.86. The Morgan fingerprint density at radius 1 is 1.38 bits per heavy atom. The summed E-state index contributed by atoms with van der Waals surface area (Å²) in [5.41, 5.74) is 2.53. The maximum absolute atomic E-state index is 12.2. The molecule has 2 N–H and O–H groups in total. The van der Waals surface area contributed by atoms with Crippen LogP contribution in [-0.2, 0) is 14.3 Å². The van der Waals surface area contributed by atoms with E-state index in [2.05, 4.69) is 5.32 Å². The SMILES string of the molecule is Cc1cccc([C@@H](NC(=O)[C@H]2CCCOC2)C(=O)O)c1C. The molecule has 0 aliphatic carbocycles. The number of carboxylic acid groups (broad SMARTS) is 1. The van der Waals surface area contributed by atoms with Gasteiger partial charge in [0.15, 0.2) is 6.04 Å². The summed E-state index contributed by atoms with van der Waals surface area (Å²) in [5.74, 6) is -1.55. The minimum atomic E-state index is -1.05. The number of hydrogen-bond acceptors (Lipinski definition) is 3. The highest BCUT2D eigenvalue weighted by Crippen LogP contribution is 2.22. The number of ether oxygens (including phenoxy) is 1. The number of aryl methyl sites for hydroxylation is 1. The number of benzene rings is 1. The minimum Gasteiger partial charge on any atom is -0.479 e. The summed E-state index contributed by atoms with van der Waals surface area (Å²) in [6.45, 7) is 4.83. The van der Waals surface area contributed by atoms with E-state index < -0.39 is 12.0 Å². The molecule has 2 atom stereocenters. The first kappa shape index (κ1) is 15.5. The third-order valence-electron chi connectivity index (χ3n) is 4.02. The summed E-state index contributed by atoms with van der Waals surface area (Å²) in [6, 6.07) is 4.47. The molecule has 0 bridgehead atoms. The van der Waals surface area contributed by atoms with Crippen LogP contribution in [0.25, 0.3) is 0 Å². The first-order valence-corrected chi connectivity index (χ1v) is 7.17. The highest BCUT2D eigenvalue weighted by Gasteiger charge is 2.28. The number of carbonyl (C=O) groups is 2. The number of aliphatic carboxylic acids is 1. The van der Waals surface area contributed by atoms with E-state index in [0.717, 1.165) is 24.0 Å². The second kappa shape index (κ2) is 6.72. The Morgan fingerprint density at radius 2 is 2.14 bits per heavy atom. The summed E-state index contributed by atoms with van der Waals surface area (Å²) in [7, 11) is 0. The van der Waals surface area contributed by atoms with E-state index in [1.807, 2.05) is 26.0 Å². The van der Waals surface area contributed by atoms with Crippen molar-refractivity contribution in [2.75, 3.05) is 13.2 Å². The summed E-state index contributed by atoms with van der Waals surface area (Å²) in [4.78, 5) is 23.8. The molecule has 114 valence electrons. The van der Waals surface area contributed by atoms with Crippen molar-refractivity contribution in [3.8, 4) is 0 Å². The number of carbonyl (C=O) groups excluding carboxylic acids is 1. The van der Waals surface area contributed by atoms with Crippen LogP contribution in [0, 0.1) is 19.8 Å². The smallest absolute Gasteiger partial charge is 0.330 e. The third kappa shape index (κ3) is 3.61. The van der Waals surface area contributed by atoms with Crippen LogP contribution in [0.4, 0.5) is 0 Å². The third-order valence-corrected chi connectivity index (χ3v) is 4.02. The summed E-state index contributed by atoms with van der Waals surface area (Å²) in [5, 5.41) is 12.1. The van der Waals surface area contributed by atoms with Gasteiger partial charge in [-0.05, 0) is 43.4 Å². The van der Waals surface area contributed by atoms with Gasteiger partial charge in [-0.1, -0.05) is 18.2 Å². The first-order chi connectivity index (χ1) is 10.0. The fraction of sp³-hybridized carbons (Fsp3) is 0.500. The Labute approximate surface area is 124 Å². The molecule has 1 aliphatic heterocycles. The minimum absolute atomic E-state index is 0.247. The van der Waals surface area contributed by atoms with Gasteiger partial charge < -0.3 is 15.2 Å². The molecule has 5 heteroatoms. The van der Waals surface area contributed by atoms with Crippen molar-refractivity contribution in [2.45, 2.75) is 32.7 Å². The second-order valence-corrected chi connectivity index (χ2v) is 5.48. The lowest BCUT2D eigenvalue weighted by molar-refractivity contribution is -0.143. The standard InChI is InChI=1S/C16H21NO4/c1-10-5-3-7-13(11(10)2)14(16(19)20)17-15(18)12-6-4-8-21-9-12/h3,5,7,12,14H,4,6,8-9H2,1-2H3,(H,17,18)(H,19,20)/t12-,14+/m0/s1. The maximum atomic E-state index is 12.2. The predicted molar refractivity (Wildman–Crippen MR) is 78.0 cm³/mol. The Hall–Kier alpha value is -1.88. The maximum Gasteiger partial charge on any atom is 0.330 e. The van der Waals surface area contributed by atoms with Crippen molar-refractivity contribution in [1.82, 2.24) is 5.32 Å². The van der Waals surface area contributed by atoms with Crippen LogP contribution in [0.5, 0.6) is 0 Å². The molecule has 1 aromatic rings. The quantitative estimate of drug-likeness (QED) is 0.889. The Kier molecular flexibility index (Phi) is 4.96. The normalized spacial score (nSPS) is 19.8. The van der Waals surface area contributed by atoms with Crippen molar-refractivity contribution >= 4 is 11.9 Å². The van der Waals surface area contributed by atoms with Crippen molar-refractivity contribution < 1.29 is 19.4 Å². The molecule has 1 aliphatic rings. The largest absolute Gasteiger partial charge is 0.479 e. The molecule has 2 rings (SSSR count). The van der Waals surface area contributed by atoms with Crippen LogP contribution < -0.4 is 5.32 Å². The molecule has 0 aromatic heterocycles. The molecular weight excluding hydrogens is 270 g/mol. The molecule has 1 heterocycles. The van der Waals surface area contributed by atoms with E-state index >= 15 is 0 Å². The van der Waals surface area contributed by atoms with Crippen LogP contribution in [0.15, 0.2) is 18.2 Å². The first-order valence-electron chi connectivity index (χ1n) is 7.17. The second-order valence-electron chi connectivity index (χ2n) is 5.48. The van der Waals surface area contributed by atoms with Crippen LogP contribution in [0.3, 0.4) is 0 Å². The summed E-state index contributed by atoms with van der Waals surface area (Å²) in [6.07, 6.45) is 1.57. The average Bonchev–Trinajstić information content (AvgIpc) is 2.48. The zero-order chi connectivity index (χ0) is 15.4. The molecule has 0 radical (unpaired) electrons. The summed E-state index contributed by atoms with van der Waals surface area (Å²) < 4.78 is 5.29. The van der Waals surface area contributed by atoms with E-state index in [1.165, 1.54) is 0 Å².